The lowest BCUT2D eigenvalue weighted by molar-refractivity contribution is 0.0242. The second kappa shape index (κ2) is 6.05. The van der Waals surface area contributed by atoms with E-state index in [1.807, 2.05) is 39.0 Å². The van der Waals surface area contributed by atoms with Gasteiger partial charge in [-0.3, -0.25) is 4.90 Å². The molecule has 2 rings (SSSR count). The molecule has 0 atom stereocenters. The van der Waals surface area contributed by atoms with Gasteiger partial charge in [0, 0.05) is 6.54 Å². The number of ether oxygens (including phenoxy) is 1. The van der Waals surface area contributed by atoms with Crippen LogP contribution >= 0.6 is 0 Å². The van der Waals surface area contributed by atoms with Gasteiger partial charge >= 0.3 is 12.1 Å². The minimum absolute atomic E-state index is 0.346. The third-order valence-corrected chi connectivity index (χ3v) is 3.05. The summed E-state index contributed by atoms with van der Waals surface area (Å²) >= 11 is 0. The van der Waals surface area contributed by atoms with Crippen molar-refractivity contribution < 1.29 is 14.3 Å². The summed E-state index contributed by atoms with van der Waals surface area (Å²) < 4.78 is 5.39. The van der Waals surface area contributed by atoms with Crippen molar-refractivity contribution in [2.24, 2.45) is 10.8 Å². The van der Waals surface area contributed by atoms with Gasteiger partial charge in [0.25, 0.3) is 0 Å². The number of carbonyl (C=O) groups is 2. The summed E-state index contributed by atoms with van der Waals surface area (Å²) in [6, 6.07) is 4.98. The maximum Gasteiger partial charge on any atom is 0.410 e. The summed E-state index contributed by atoms with van der Waals surface area (Å²) in [5.74, 6) is 0. The molecule has 3 N–H and O–H groups in total. The van der Waals surface area contributed by atoms with Crippen LogP contribution in [-0.4, -0.2) is 28.8 Å². The molecule has 0 fully saturated rings. The summed E-state index contributed by atoms with van der Waals surface area (Å²) in [7, 11) is 0. The number of benzene rings is 1. The van der Waals surface area contributed by atoms with Crippen molar-refractivity contribution in [3.8, 4) is 0 Å². The Morgan fingerprint density at radius 2 is 2.09 bits per heavy atom. The second-order valence-electron chi connectivity index (χ2n) is 6.06. The molecule has 22 heavy (non-hydrogen) atoms. The molecule has 0 radical (unpaired) electrons. The van der Waals surface area contributed by atoms with Crippen LogP contribution in [-0.2, 0) is 17.8 Å². The molecule has 3 amide bonds. The van der Waals surface area contributed by atoms with Gasteiger partial charge in [0.05, 0.1) is 12.8 Å². The Kier molecular flexibility index (Phi) is 4.35. The van der Waals surface area contributed by atoms with Crippen LogP contribution in [0.1, 0.15) is 37.5 Å². The van der Waals surface area contributed by atoms with Crippen LogP contribution in [0.3, 0.4) is 0 Å². The molecule has 7 nitrogen and oxygen atoms in total. The normalized spacial score (nSPS) is 14.0. The molecule has 1 aromatic carbocycles. The zero-order valence-corrected chi connectivity index (χ0v) is 12.9. The topological polar surface area (TPSA) is 97.0 Å². The van der Waals surface area contributed by atoms with Crippen molar-refractivity contribution in [3.05, 3.63) is 34.9 Å². The molecule has 1 aliphatic rings. The van der Waals surface area contributed by atoms with E-state index >= 15 is 0 Å². The van der Waals surface area contributed by atoms with Gasteiger partial charge in [-0.25, -0.2) is 15.0 Å². The third kappa shape index (κ3) is 3.97. The van der Waals surface area contributed by atoms with E-state index < -0.39 is 11.6 Å². The Morgan fingerprint density at radius 1 is 1.36 bits per heavy atom. The zero-order valence-electron chi connectivity index (χ0n) is 12.9. The Labute approximate surface area is 129 Å². The van der Waals surface area contributed by atoms with Gasteiger partial charge in [-0.1, -0.05) is 18.2 Å². The first-order valence-electron chi connectivity index (χ1n) is 6.93. The molecular weight excluding hydrogens is 284 g/mol. The molecule has 0 saturated heterocycles. The zero-order chi connectivity index (χ0) is 16.3. The van der Waals surface area contributed by atoms with Crippen LogP contribution < -0.4 is 11.2 Å². The van der Waals surface area contributed by atoms with E-state index in [9.17, 15) is 9.59 Å². The first kappa shape index (κ1) is 15.8. The lowest BCUT2D eigenvalue weighted by Gasteiger charge is -2.24. The number of rotatable bonds is 2. The number of urea groups is 1. The van der Waals surface area contributed by atoms with Crippen LogP contribution in [0.5, 0.6) is 0 Å². The highest BCUT2D eigenvalue weighted by Gasteiger charge is 2.28. The van der Waals surface area contributed by atoms with Gasteiger partial charge in [-0.15, -0.1) is 0 Å². The largest absolute Gasteiger partial charge is 0.444 e. The van der Waals surface area contributed by atoms with Gasteiger partial charge < -0.3 is 10.5 Å². The Bertz CT molecular complexity index is 620. The fourth-order valence-corrected chi connectivity index (χ4v) is 2.19. The van der Waals surface area contributed by atoms with Crippen LogP contribution in [0.25, 0.3) is 0 Å². The number of nitrogens with one attached hydrogen (secondary N) is 1. The van der Waals surface area contributed by atoms with Gasteiger partial charge in [0.1, 0.15) is 5.60 Å². The summed E-state index contributed by atoms with van der Waals surface area (Å²) in [5, 5.41) is 3.76. The molecule has 1 heterocycles. The van der Waals surface area contributed by atoms with E-state index in [2.05, 4.69) is 10.5 Å². The maximum absolute atomic E-state index is 12.1. The Hall–Kier alpha value is -2.57. The predicted molar refractivity (Wildman–Crippen MR) is 82.2 cm³/mol. The highest BCUT2D eigenvalue weighted by atomic mass is 16.6. The average molecular weight is 304 g/mol. The SMILES string of the molecule is CC(C)(C)OC(=O)N1Cc2cccc(C=NNC(N)=O)c2C1. The third-order valence-electron chi connectivity index (χ3n) is 3.05. The van der Waals surface area contributed by atoms with Crippen molar-refractivity contribution in [2.45, 2.75) is 39.5 Å². The summed E-state index contributed by atoms with van der Waals surface area (Å²) in [5.41, 5.74) is 9.44. The smallest absolute Gasteiger partial charge is 0.410 e. The molecule has 1 aliphatic heterocycles. The predicted octanol–water partition coefficient (Wildman–Crippen LogP) is 1.94. The molecular formula is C15H20N4O3. The maximum atomic E-state index is 12.1. The standard InChI is InChI=1S/C15H20N4O3/c1-15(2,3)22-14(21)19-8-11-6-4-5-10(12(11)9-19)7-17-18-13(16)20/h4-7H,8-9H2,1-3H3,(H3,16,18,20). The number of carbonyl (C=O) groups excluding carboxylic acids is 2. The summed E-state index contributed by atoms with van der Waals surface area (Å²) in [4.78, 5) is 24.4. The fourth-order valence-electron chi connectivity index (χ4n) is 2.19. The van der Waals surface area contributed by atoms with E-state index in [4.69, 9.17) is 10.5 Å². The molecule has 118 valence electrons. The van der Waals surface area contributed by atoms with Crippen molar-refractivity contribution in [1.29, 1.82) is 0 Å². The van der Waals surface area contributed by atoms with Gasteiger partial charge in [0.2, 0.25) is 0 Å². The van der Waals surface area contributed by atoms with Gasteiger partial charge in [-0.05, 0) is 37.5 Å². The molecule has 0 unspecified atom stereocenters. The number of amides is 3. The molecule has 0 spiro atoms. The van der Waals surface area contributed by atoms with E-state index in [0.717, 1.165) is 16.7 Å². The molecule has 0 aromatic heterocycles. The first-order valence-corrected chi connectivity index (χ1v) is 6.93. The minimum atomic E-state index is -0.723. The fraction of sp³-hybridized carbons (Fsp3) is 0.400. The van der Waals surface area contributed by atoms with E-state index in [-0.39, 0.29) is 6.09 Å². The summed E-state index contributed by atoms with van der Waals surface area (Å²) in [6.07, 6.45) is 1.17. The van der Waals surface area contributed by atoms with E-state index in [1.54, 1.807) is 4.90 Å². The van der Waals surface area contributed by atoms with Crippen LogP contribution in [0.2, 0.25) is 0 Å². The van der Waals surface area contributed by atoms with Crippen molar-refractivity contribution in [1.82, 2.24) is 10.3 Å². The molecule has 1 aromatic rings. The quantitative estimate of drug-likeness (QED) is 0.645. The number of hydrogen-bond donors (Lipinski definition) is 2. The number of hydrogen-bond acceptors (Lipinski definition) is 4. The molecule has 0 bridgehead atoms. The summed E-state index contributed by atoms with van der Waals surface area (Å²) in [6.45, 7) is 6.45. The highest BCUT2D eigenvalue weighted by Crippen LogP contribution is 2.26. The molecule has 0 aliphatic carbocycles. The Morgan fingerprint density at radius 3 is 2.73 bits per heavy atom. The number of hydrazone groups is 1. The number of nitrogens with zero attached hydrogens (tertiary/aromatic N) is 2. The van der Waals surface area contributed by atoms with E-state index in [1.165, 1.54) is 6.21 Å². The molecule has 7 heteroatoms. The van der Waals surface area contributed by atoms with Gasteiger partial charge in [-0.2, -0.15) is 5.10 Å². The lowest BCUT2D eigenvalue weighted by Crippen LogP contribution is -2.33. The molecule has 0 saturated carbocycles. The van der Waals surface area contributed by atoms with Crippen molar-refractivity contribution in [3.63, 3.8) is 0 Å². The van der Waals surface area contributed by atoms with Crippen LogP contribution in [0, 0.1) is 0 Å². The average Bonchev–Trinajstić information content (AvgIpc) is 2.81. The number of nitrogens with two attached hydrogens (primary N) is 1. The lowest BCUT2D eigenvalue weighted by atomic mass is 10.0. The van der Waals surface area contributed by atoms with Gasteiger partial charge in [0.15, 0.2) is 0 Å². The minimum Gasteiger partial charge on any atom is -0.444 e. The number of fused-ring (bicyclic) bond motifs is 1. The Balaban J connectivity index is 2.12. The van der Waals surface area contributed by atoms with Crippen LogP contribution in [0.15, 0.2) is 23.3 Å². The number of primary amides is 1. The first-order chi connectivity index (χ1) is 10.3. The highest BCUT2D eigenvalue weighted by molar-refractivity contribution is 5.84. The van der Waals surface area contributed by atoms with Crippen molar-refractivity contribution >= 4 is 18.3 Å². The monoisotopic (exact) mass is 304 g/mol. The van der Waals surface area contributed by atoms with E-state index in [0.29, 0.717) is 13.1 Å². The van der Waals surface area contributed by atoms with Crippen molar-refractivity contribution in [2.75, 3.05) is 0 Å². The second-order valence-corrected chi connectivity index (χ2v) is 6.06. The van der Waals surface area contributed by atoms with Crippen LogP contribution in [0.4, 0.5) is 9.59 Å².